The summed E-state index contributed by atoms with van der Waals surface area (Å²) < 4.78 is 1.11. The molecule has 90 valence electrons. The Balaban J connectivity index is 2.08. The predicted molar refractivity (Wildman–Crippen MR) is 72.0 cm³/mol. The summed E-state index contributed by atoms with van der Waals surface area (Å²) in [5, 5.41) is 10.8. The van der Waals surface area contributed by atoms with Crippen molar-refractivity contribution in [1.29, 1.82) is 0 Å². The van der Waals surface area contributed by atoms with Crippen LogP contribution in [-0.4, -0.2) is 21.7 Å². The summed E-state index contributed by atoms with van der Waals surface area (Å²) in [6.45, 7) is 3.95. The number of aromatic nitrogens is 3. The molecule has 2 aromatic rings. The number of nitrogens with zero attached hydrogens (tertiary/aromatic N) is 2. The van der Waals surface area contributed by atoms with Crippen LogP contribution >= 0.6 is 27.7 Å². The molecule has 0 saturated heterocycles. The van der Waals surface area contributed by atoms with Gasteiger partial charge in [-0.3, -0.25) is 5.10 Å². The summed E-state index contributed by atoms with van der Waals surface area (Å²) in [7, 11) is 0. The minimum atomic E-state index is 0.802. The van der Waals surface area contributed by atoms with Crippen molar-refractivity contribution in [2.75, 3.05) is 6.54 Å². The fraction of sp³-hybridized carbons (Fsp3) is 0.273. The van der Waals surface area contributed by atoms with Gasteiger partial charge in [0.1, 0.15) is 6.33 Å². The molecule has 4 nitrogen and oxygen atoms in total. The Morgan fingerprint density at radius 1 is 1.47 bits per heavy atom. The lowest BCUT2D eigenvalue weighted by molar-refractivity contribution is 0.724. The molecule has 0 atom stereocenters. The van der Waals surface area contributed by atoms with E-state index in [1.165, 1.54) is 11.9 Å². The molecule has 0 bridgehead atoms. The smallest absolute Gasteiger partial charge is 0.188 e. The van der Waals surface area contributed by atoms with E-state index >= 15 is 0 Å². The Hall–Kier alpha value is -0.850. The van der Waals surface area contributed by atoms with E-state index in [0.717, 1.165) is 27.6 Å². The van der Waals surface area contributed by atoms with E-state index in [9.17, 15) is 0 Å². The van der Waals surface area contributed by atoms with Gasteiger partial charge in [0.2, 0.25) is 0 Å². The number of halogens is 1. The lowest BCUT2D eigenvalue weighted by Crippen LogP contribution is -2.11. The van der Waals surface area contributed by atoms with E-state index in [4.69, 9.17) is 0 Å². The van der Waals surface area contributed by atoms with Gasteiger partial charge in [-0.2, -0.15) is 5.10 Å². The second-order valence-electron chi connectivity index (χ2n) is 3.43. The lowest BCUT2D eigenvalue weighted by Gasteiger charge is -2.06. The van der Waals surface area contributed by atoms with Gasteiger partial charge in [0.05, 0.1) is 0 Å². The molecule has 2 N–H and O–H groups in total. The van der Waals surface area contributed by atoms with Crippen molar-refractivity contribution < 1.29 is 0 Å². The monoisotopic (exact) mass is 312 g/mol. The molecule has 0 aliphatic heterocycles. The van der Waals surface area contributed by atoms with Gasteiger partial charge in [0.15, 0.2) is 5.16 Å². The van der Waals surface area contributed by atoms with Crippen LogP contribution in [0.2, 0.25) is 0 Å². The number of nitrogens with one attached hydrogen (secondary N) is 2. The maximum absolute atomic E-state index is 4.08. The first kappa shape index (κ1) is 12.6. The molecule has 17 heavy (non-hydrogen) atoms. The van der Waals surface area contributed by atoms with E-state index in [2.05, 4.69) is 61.6 Å². The van der Waals surface area contributed by atoms with Gasteiger partial charge in [-0.15, -0.1) is 0 Å². The molecule has 0 amide bonds. The molecule has 0 radical (unpaired) electrons. The third kappa shape index (κ3) is 3.55. The Morgan fingerprint density at radius 2 is 2.35 bits per heavy atom. The Kier molecular flexibility index (Phi) is 4.58. The summed E-state index contributed by atoms with van der Waals surface area (Å²) >= 11 is 5.14. The molecule has 0 fully saturated rings. The highest BCUT2D eigenvalue weighted by Gasteiger charge is 2.04. The molecule has 0 saturated carbocycles. The normalized spacial score (nSPS) is 10.7. The second kappa shape index (κ2) is 6.18. The predicted octanol–water partition coefficient (Wildman–Crippen LogP) is 2.83. The fourth-order valence-electron chi connectivity index (χ4n) is 1.35. The highest BCUT2D eigenvalue weighted by atomic mass is 79.9. The van der Waals surface area contributed by atoms with Crippen LogP contribution in [0.4, 0.5) is 0 Å². The van der Waals surface area contributed by atoms with E-state index in [-0.39, 0.29) is 0 Å². The summed E-state index contributed by atoms with van der Waals surface area (Å²) in [6, 6.07) is 6.30. The topological polar surface area (TPSA) is 53.6 Å². The number of hydrogen-bond donors (Lipinski definition) is 2. The first-order chi connectivity index (χ1) is 8.29. The maximum atomic E-state index is 4.08. The molecular weight excluding hydrogens is 300 g/mol. The average molecular weight is 313 g/mol. The van der Waals surface area contributed by atoms with Crippen molar-refractivity contribution in [1.82, 2.24) is 20.5 Å². The van der Waals surface area contributed by atoms with E-state index in [0.29, 0.717) is 0 Å². The van der Waals surface area contributed by atoms with Gasteiger partial charge in [-0.1, -0.05) is 40.7 Å². The van der Waals surface area contributed by atoms with E-state index in [1.807, 2.05) is 0 Å². The van der Waals surface area contributed by atoms with Gasteiger partial charge in [-0.05, 0) is 24.2 Å². The van der Waals surface area contributed by atoms with Crippen LogP contribution in [0.15, 0.2) is 39.1 Å². The maximum Gasteiger partial charge on any atom is 0.188 e. The van der Waals surface area contributed by atoms with Gasteiger partial charge in [0, 0.05) is 15.9 Å². The molecule has 6 heteroatoms. The Morgan fingerprint density at radius 3 is 3.00 bits per heavy atom. The molecule has 0 spiro atoms. The first-order valence-electron chi connectivity index (χ1n) is 5.32. The molecule has 0 aliphatic rings. The third-order valence-electron chi connectivity index (χ3n) is 2.20. The number of hydrogen-bond acceptors (Lipinski definition) is 4. The lowest BCUT2D eigenvalue weighted by atomic mass is 10.2. The minimum Gasteiger partial charge on any atom is -0.313 e. The summed E-state index contributed by atoms with van der Waals surface area (Å²) in [5.74, 6) is 0. The highest BCUT2D eigenvalue weighted by molar-refractivity contribution is 9.10. The van der Waals surface area contributed by atoms with Gasteiger partial charge >= 0.3 is 0 Å². The quantitative estimate of drug-likeness (QED) is 0.891. The minimum absolute atomic E-state index is 0.802. The van der Waals surface area contributed by atoms with Crippen LogP contribution in [0.3, 0.4) is 0 Å². The number of rotatable bonds is 5. The number of benzene rings is 1. The largest absolute Gasteiger partial charge is 0.313 e. The first-order valence-corrected chi connectivity index (χ1v) is 6.93. The summed E-state index contributed by atoms with van der Waals surface area (Å²) in [6.07, 6.45) is 1.51. The molecule has 0 aliphatic carbocycles. The van der Waals surface area contributed by atoms with Crippen LogP contribution in [0.1, 0.15) is 12.5 Å². The van der Waals surface area contributed by atoms with Crippen molar-refractivity contribution in [2.45, 2.75) is 23.5 Å². The SMILES string of the molecule is CCNCc1ccc(Sc2ncn[nH]2)cc1Br. The summed E-state index contributed by atoms with van der Waals surface area (Å²) in [5.41, 5.74) is 1.26. The number of H-pyrrole nitrogens is 1. The molecular formula is C11H13BrN4S. The average Bonchev–Trinajstić information content (AvgIpc) is 2.81. The molecule has 2 rings (SSSR count). The van der Waals surface area contributed by atoms with Gasteiger partial charge < -0.3 is 5.32 Å². The zero-order valence-electron chi connectivity index (χ0n) is 9.40. The van der Waals surface area contributed by atoms with Gasteiger partial charge in [0.25, 0.3) is 0 Å². The van der Waals surface area contributed by atoms with Gasteiger partial charge in [-0.25, -0.2) is 4.98 Å². The molecule has 1 heterocycles. The fourth-order valence-corrected chi connectivity index (χ4v) is 2.75. The third-order valence-corrected chi connectivity index (χ3v) is 3.82. The van der Waals surface area contributed by atoms with Crippen LogP contribution in [0.25, 0.3) is 0 Å². The van der Waals surface area contributed by atoms with Crippen LogP contribution < -0.4 is 5.32 Å². The standard InChI is InChI=1S/C11H13BrN4S/c1-2-13-6-8-3-4-9(5-10(8)12)17-11-14-7-15-16-11/h3-5,7,13H,2,6H2,1H3,(H,14,15,16). The van der Waals surface area contributed by atoms with Crippen molar-refractivity contribution in [3.63, 3.8) is 0 Å². The van der Waals surface area contributed by atoms with Crippen molar-refractivity contribution >= 4 is 27.7 Å². The van der Waals surface area contributed by atoms with Crippen molar-refractivity contribution in [2.24, 2.45) is 0 Å². The summed E-state index contributed by atoms with van der Waals surface area (Å²) in [4.78, 5) is 5.22. The Labute approximate surface area is 113 Å². The highest BCUT2D eigenvalue weighted by Crippen LogP contribution is 2.28. The molecule has 0 unspecified atom stereocenters. The van der Waals surface area contributed by atoms with Crippen molar-refractivity contribution in [3.05, 3.63) is 34.6 Å². The molecule has 1 aromatic heterocycles. The van der Waals surface area contributed by atoms with E-state index < -0.39 is 0 Å². The zero-order chi connectivity index (χ0) is 12.1. The zero-order valence-corrected chi connectivity index (χ0v) is 11.8. The Bertz CT molecular complexity index is 472. The van der Waals surface area contributed by atoms with Crippen LogP contribution in [0.5, 0.6) is 0 Å². The molecule has 1 aromatic carbocycles. The van der Waals surface area contributed by atoms with Crippen molar-refractivity contribution in [3.8, 4) is 0 Å². The van der Waals surface area contributed by atoms with E-state index in [1.54, 1.807) is 11.8 Å². The second-order valence-corrected chi connectivity index (χ2v) is 5.34. The number of aromatic amines is 1. The van der Waals surface area contributed by atoms with Crippen LogP contribution in [0, 0.1) is 0 Å². The van der Waals surface area contributed by atoms with Crippen LogP contribution in [-0.2, 0) is 6.54 Å².